The van der Waals surface area contributed by atoms with Crippen molar-refractivity contribution < 1.29 is 35.5 Å². The van der Waals surface area contributed by atoms with Gasteiger partial charge in [0.05, 0.1) is 22.6 Å². The quantitative estimate of drug-likeness (QED) is 0.0561. The van der Waals surface area contributed by atoms with E-state index < -0.39 is 43.6 Å². The predicted octanol–water partition coefficient (Wildman–Crippen LogP) is -1.73. The third-order valence-electron chi connectivity index (χ3n) is 3.70. The molecule has 0 aromatic heterocycles. The van der Waals surface area contributed by atoms with Gasteiger partial charge in [0.2, 0.25) is 0 Å². The Hall–Kier alpha value is -2.50. The molecule has 1 rings (SSSR count). The van der Waals surface area contributed by atoms with Crippen molar-refractivity contribution in [2.75, 3.05) is 35.2 Å². The Balaban J connectivity index is 3.14. The average Bonchev–Trinajstić information content (AvgIpc) is 2.65. The summed E-state index contributed by atoms with van der Waals surface area (Å²) in [5.41, 5.74) is 4.13. The number of nitrogen functional groups attached to an aromatic ring is 2. The minimum atomic E-state index is -4.16. The fourth-order valence-electron chi connectivity index (χ4n) is 2.38. The first-order valence-electron chi connectivity index (χ1n) is 8.46. The van der Waals surface area contributed by atoms with Crippen LogP contribution in [0.1, 0.15) is 33.6 Å². The molecular formula is C14H24N6O8S2. The summed E-state index contributed by atoms with van der Waals surface area (Å²) in [6.07, 6.45) is 0.0210. The monoisotopic (exact) mass is 468 g/mol. The van der Waals surface area contributed by atoms with Crippen molar-refractivity contribution in [3.05, 3.63) is 23.3 Å². The van der Waals surface area contributed by atoms with Crippen LogP contribution in [0.2, 0.25) is 0 Å². The molecule has 0 unspecified atom stereocenters. The third kappa shape index (κ3) is 8.89. The summed E-state index contributed by atoms with van der Waals surface area (Å²) in [4.78, 5) is 24.2. The number of hydrazine groups is 2. The number of carbonyl (C=O) groups excluding carboxylic acids is 2. The maximum Gasteiger partial charge on any atom is 0.267 e. The lowest BCUT2D eigenvalue weighted by molar-refractivity contribution is 0.0943. The van der Waals surface area contributed by atoms with E-state index in [2.05, 4.69) is 10.6 Å². The summed E-state index contributed by atoms with van der Waals surface area (Å²) in [5.74, 6) is 7.87. The van der Waals surface area contributed by atoms with Gasteiger partial charge in [0, 0.05) is 24.5 Å². The van der Waals surface area contributed by atoms with Crippen molar-refractivity contribution in [2.24, 2.45) is 11.7 Å². The number of carbonyl (C=O) groups is 2. The Kier molecular flexibility index (Phi) is 9.40. The second kappa shape index (κ2) is 11.0. The van der Waals surface area contributed by atoms with E-state index in [1.807, 2.05) is 10.9 Å². The van der Waals surface area contributed by atoms with E-state index in [0.717, 1.165) is 0 Å². The van der Waals surface area contributed by atoms with E-state index in [0.29, 0.717) is 0 Å². The van der Waals surface area contributed by atoms with Crippen LogP contribution in [-0.4, -0.2) is 62.4 Å². The topological polar surface area (TPSA) is 243 Å². The summed E-state index contributed by atoms with van der Waals surface area (Å²) in [6, 6.07) is 2.54. The molecule has 0 bridgehead atoms. The minimum Gasteiger partial charge on any atom is -0.384 e. The standard InChI is InChI=1S/C14H24N6O8S2/c15-19-13(21)9-8-12(18-4-2-6-30(26,27)28)10(14(22)20-16)7-11(9)17-3-1-5-29(23,24)25/h7-8,17-18H,1-6,15-16H2,(H,19,21)(H,20,22)(H,23,24,25)(H,26,27,28). The lowest BCUT2D eigenvalue weighted by atomic mass is 10.0. The second-order valence-electron chi connectivity index (χ2n) is 6.02. The van der Waals surface area contributed by atoms with Gasteiger partial charge in [0.15, 0.2) is 0 Å². The van der Waals surface area contributed by atoms with Crippen molar-refractivity contribution in [3.63, 3.8) is 0 Å². The molecule has 1 aromatic carbocycles. The molecule has 0 fully saturated rings. The SMILES string of the molecule is NNC(=O)c1cc(NCCCS(=O)(=O)O)c(C(=O)NN)cc1NCCCS(=O)(=O)O. The Morgan fingerprint density at radius 3 is 1.37 bits per heavy atom. The van der Waals surface area contributed by atoms with E-state index in [9.17, 15) is 26.4 Å². The molecule has 10 N–H and O–H groups in total. The number of benzene rings is 1. The van der Waals surface area contributed by atoms with Gasteiger partial charge in [-0.25, -0.2) is 11.7 Å². The van der Waals surface area contributed by atoms with E-state index >= 15 is 0 Å². The van der Waals surface area contributed by atoms with E-state index in [1.165, 1.54) is 12.1 Å². The number of nitrogens with one attached hydrogen (secondary N) is 4. The van der Waals surface area contributed by atoms with Crippen LogP contribution in [0.4, 0.5) is 11.4 Å². The average molecular weight is 469 g/mol. The molecule has 0 saturated carbocycles. The third-order valence-corrected chi connectivity index (χ3v) is 5.31. The van der Waals surface area contributed by atoms with E-state index in [-0.39, 0.29) is 48.4 Å². The fourth-order valence-corrected chi connectivity index (χ4v) is 3.40. The number of amides is 2. The molecule has 2 amide bonds. The van der Waals surface area contributed by atoms with Crippen LogP contribution >= 0.6 is 0 Å². The van der Waals surface area contributed by atoms with Crippen molar-refractivity contribution in [1.82, 2.24) is 10.9 Å². The summed E-state index contributed by atoms with van der Waals surface area (Å²) in [6.45, 7) is 0.0743. The minimum absolute atomic E-state index is 0.00444. The molecule has 0 aliphatic rings. The molecule has 14 nitrogen and oxygen atoms in total. The molecule has 0 spiro atoms. The van der Waals surface area contributed by atoms with Gasteiger partial charge in [-0.3, -0.25) is 29.5 Å². The van der Waals surface area contributed by atoms with Crippen LogP contribution in [0, 0.1) is 0 Å². The van der Waals surface area contributed by atoms with Crippen LogP contribution in [0.5, 0.6) is 0 Å². The van der Waals surface area contributed by atoms with Gasteiger partial charge < -0.3 is 10.6 Å². The number of anilines is 2. The fraction of sp³-hybridized carbons (Fsp3) is 0.429. The van der Waals surface area contributed by atoms with Crippen LogP contribution < -0.4 is 33.2 Å². The zero-order chi connectivity index (χ0) is 22.9. The molecule has 0 radical (unpaired) electrons. The van der Waals surface area contributed by atoms with Gasteiger partial charge in [0.1, 0.15) is 0 Å². The van der Waals surface area contributed by atoms with Gasteiger partial charge >= 0.3 is 0 Å². The zero-order valence-electron chi connectivity index (χ0n) is 15.7. The highest BCUT2D eigenvalue weighted by Gasteiger charge is 2.19. The van der Waals surface area contributed by atoms with Gasteiger partial charge in [0.25, 0.3) is 32.1 Å². The highest BCUT2D eigenvalue weighted by molar-refractivity contribution is 7.86. The van der Waals surface area contributed by atoms with Crippen LogP contribution in [-0.2, 0) is 20.2 Å². The Bertz CT molecular complexity index is 901. The van der Waals surface area contributed by atoms with Crippen LogP contribution in [0.15, 0.2) is 12.1 Å². The van der Waals surface area contributed by atoms with Crippen molar-refractivity contribution >= 4 is 43.4 Å². The molecular weight excluding hydrogens is 444 g/mol. The molecule has 170 valence electrons. The number of nitrogens with two attached hydrogens (primary N) is 2. The first kappa shape index (κ1) is 25.5. The Morgan fingerprint density at radius 2 is 1.10 bits per heavy atom. The van der Waals surface area contributed by atoms with Crippen LogP contribution in [0.3, 0.4) is 0 Å². The van der Waals surface area contributed by atoms with Crippen molar-refractivity contribution in [1.29, 1.82) is 0 Å². The normalized spacial score (nSPS) is 11.6. The molecule has 0 heterocycles. The number of hydrogen-bond donors (Lipinski definition) is 8. The first-order chi connectivity index (χ1) is 13.9. The smallest absolute Gasteiger partial charge is 0.267 e. The van der Waals surface area contributed by atoms with Gasteiger partial charge in [-0.15, -0.1) is 0 Å². The molecule has 0 aliphatic heterocycles. The molecule has 0 saturated heterocycles. The summed E-state index contributed by atoms with van der Waals surface area (Å²) < 4.78 is 60.7. The molecule has 0 aliphatic carbocycles. The predicted molar refractivity (Wildman–Crippen MR) is 109 cm³/mol. The first-order valence-corrected chi connectivity index (χ1v) is 11.7. The van der Waals surface area contributed by atoms with E-state index in [1.54, 1.807) is 0 Å². The molecule has 16 heteroatoms. The number of hydrogen-bond acceptors (Lipinski definition) is 10. The Labute approximate surface area is 173 Å². The highest BCUT2D eigenvalue weighted by atomic mass is 32.2. The zero-order valence-corrected chi connectivity index (χ0v) is 17.3. The summed E-state index contributed by atoms with van der Waals surface area (Å²) in [7, 11) is -8.31. The Morgan fingerprint density at radius 1 is 0.767 bits per heavy atom. The molecule has 0 atom stereocenters. The lowest BCUT2D eigenvalue weighted by Gasteiger charge is -2.17. The van der Waals surface area contributed by atoms with Gasteiger partial charge in [-0.05, 0) is 25.0 Å². The second-order valence-corrected chi connectivity index (χ2v) is 9.17. The largest absolute Gasteiger partial charge is 0.384 e. The maximum absolute atomic E-state index is 12.1. The lowest BCUT2D eigenvalue weighted by Crippen LogP contribution is -2.33. The maximum atomic E-state index is 12.1. The molecule has 30 heavy (non-hydrogen) atoms. The number of rotatable bonds is 12. The molecule has 1 aromatic rings. The summed E-state index contributed by atoms with van der Waals surface area (Å²) in [5, 5.41) is 5.56. The van der Waals surface area contributed by atoms with Gasteiger partial charge in [-0.2, -0.15) is 16.8 Å². The van der Waals surface area contributed by atoms with Crippen LogP contribution in [0.25, 0.3) is 0 Å². The van der Waals surface area contributed by atoms with Crippen molar-refractivity contribution in [2.45, 2.75) is 12.8 Å². The highest BCUT2D eigenvalue weighted by Crippen LogP contribution is 2.26. The summed E-state index contributed by atoms with van der Waals surface area (Å²) >= 11 is 0. The van der Waals surface area contributed by atoms with Gasteiger partial charge in [-0.1, -0.05) is 0 Å². The van der Waals surface area contributed by atoms with E-state index in [4.69, 9.17) is 20.8 Å². The van der Waals surface area contributed by atoms with Crippen molar-refractivity contribution in [3.8, 4) is 0 Å².